The van der Waals surface area contributed by atoms with Crippen molar-refractivity contribution in [1.82, 2.24) is 10.3 Å². The molecule has 0 aliphatic carbocycles. The molecule has 20 heavy (non-hydrogen) atoms. The molecule has 1 aromatic carbocycles. The van der Waals surface area contributed by atoms with Crippen LogP contribution in [0.4, 0.5) is 4.39 Å². The lowest BCUT2D eigenvalue weighted by Gasteiger charge is -2.05. The maximum Gasteiger partial charge on any atom is 0.124 e. The van der Waals surface area contributed by atoms with Gasteiger partial charge in [-0.2, -0.15) is 0 Å². The minimum Gasteiger partial charge on any atom is -0.312 e. The third-order valence-electron chi connectivity index (χ3n) is 3.15. The number of aryl methyl sites for hydroxylation is 2. The first-order chi connectivity index (χ1) is 9.47. The molecule has 0 atom stereocenters. The Morgan fingerprint density at radius 1 is 1.30 bits per heavy atom. The van der Waals surface area contributed by atoms with Crippen molar-refractivity contribution in [2.45, 2.75) is 34.2 Å². The summed E-state index contributed by atoms with van der Waals surface area (Å²) in [5, 5.41) is 4.41. The van der Waals surface area contributed by atoms with Gasteiger partial charge in [-0.1, -0.05) is 13.8 Å². The quantitative estimate of drug-likeness (QED) is 0.888. The summed E-state index contributed by atoms with van der Waals surface area (Å²) in [6.07, 6.45) is 0. The minimum atomic E-state index is -0.196. The van der Waals surface area contributed by atoms with Crippen LogP contribution < -0.4 is 5.32 Å². The molecular weight excluding hydrogens is 271 g/mol. The van der Waals surface area contributed by atoms with Crippen molar-refractivity contribution >= 4 is 11.3 Å². The van der Waals surface area contributed by atoms with E-state index in [4.69, 9.17) is 0 Å². The summed E-state index contributed by atoms with van der Waals surface area (Å²) < 4.78 is 13.2. The van der Waals surface area contributed by atoms with Crippen LogP contribution in [-0.4, -0.2) is 11.5 Å². The number of benzene rings is 1. The van der Waals surface area contributed by atoms with E-state index in [1.807, 2.05) is 19.9 Å². The van der Waals surface area contributed by atoms with Crippen LogP contribution in [0, 0.1) is 25.6 Å². The average Bonchev–Trinajstić information content (AvgIpc) is 2.70. The van der Waals surface area contributed by atoms with Crippen molar-refractivity contribution in [2.24, 2.45) is 5.92 Å². The average molecular weight is 292 g/mol. The Labute approximate surface area is 124 Å². The van der Waals surface area contributed by atoms with Gasteiger partial charge in [0, 0.05) is 17.0 Å². The SMILES string of the molecule is Cc1cc(F)ccc1-c1nc(C)c(CNCC(C)C)s1. The molecule has 108 valence electrons. The van der Waals surface area contributed by atoms with Crippen molar-refractivity contribution in [2.75, 3.05) is 6.54 Å². The molecular formula is C16H21FN2S. The van der Waals surface area contributed by atoms with Gasteiger partial charge in [0.15, 0.2) is 0 Å². The normalized spacial score (nSPS) is 11.3. The highest BCUT2D eigenvalue weighted by Crippen LogP contribution is 2.30. The summed E-state index contributed by atoms with van der Waals surface area (Å²) in [7, 11) is 0. The van der Waals surface area contributed by atoms with Crippen LogP contribution in [0.5, 0.6) is 0 Å². The second kappa shape index (κ2) is 6.46. The van der Waals surface area contributed by atoms with E-state index in [1.54, 1.807) is 17.4 Å². The summed E-state index contributed by atoms with van der Waals surface area (Å²) in [5.74, 6) is 0.445. The van der Waals surface area contributed by atoms with E-state index in [0.717, 1.165) is 34.9 Å². The molecule has 4 heteroatoms. The van der Waals surface area contributed by atoms with Gasteiger partial charge in [-0.05, 0) is 50.1 Å². The molecule has 1 N–H and O–H groups in total. The lowest BCUT2D eigenvalue weighted by Crippen LogP contribution is -2.18. The molecule has 0 radical (unpaired) electrons. The molecule has 0 amide bonds. The van der Waals surface area contributed by atoms with Crippen molar-refractivity contribution < 1.29 is 4.39 Å². The highest BCUT2D eigenvalue weighted by Gasteiger charge is 2.11. The monoisotopic (exact) mass is 292 g/mol. The fourth-order valence-corrected chi connectivity index (χ4v) is 3.17. The second-order valence-corrected chi connectivity index (χ2v) is 6.60. The van der Waals surface area contributed by atoms with Crippen molar-refractivity contribution in [3.05, 3.63) is 40.2 Å². The lowest BCUT2D eigenvalue weighted by molar-refractivity contribution is 0.554. The van der Waals surface area contributed by atoms with Crippen molar-refractivity contribution in [3.8, 4) is 10.6 Å². The summed E-state index contributed by atoms with van der Waals surface area (Å²) in [4.78, 5) is 5.88. The molecule has 1 aromatic heterocycles. The number of thiazole rings is 1. The van der Waals surface area contributed by atoms with Gasteiger partial charge in [0.25, 0.3) is 0 Å². The smallest absolute Gasteiger partial charge is 0.124 e. The first-order valence-corrected chi connectivity index (χ1v) is 7.72. The number of halogens is 1. The highest BCUT2D eigenvalue weighted by molar-refractivity contribution is 7.15. The van der Waals surface area contributed by atoms with E-state index in [2.05, 4.69) is 24.1 Å². The van der Waals surface area contributed by atoms with Crippen molar-refractivity contribution in [1.29, 1.82) is 0 Å². The van der Waals surface area contributed by atoms with E-state index < -0.39 is 0 Å². The van der Waals surface area contributed by atoms with Crippen LogP contribution in [-0.2, 0) is 6.54 Å². The van der Waals surface area contributed by atoms with Gasteiger partial charge in [0.2, 0.25) is 0 Å². The number of nitrogens with one attached hydrogen (secondary N) is 1. The van der Waals surface area contributed by atoms with Gasteiger partial charge >= 0.3 is 0 Å². The van der Waals surface area contributed by atoms with Crippen LogP contribution in [0.15, 0.2) is 18.2 Å². The summed E-state index contributed by atoms with van der Waals surface area (Å²) >= 11 is 1.69. The number of hydrogen-bond donors (Lipinski definition) is 1. The third-order valence-corrected chi connectivity index (χ3v) is 4.34. The van der Waals surface area contributed by atoms with Gasteiger partial charge in [-0.15, -0.1) is 11.3 Å². The first kappa shape index (κ1) is 15.1. The predicted octanol–water partition coefficient (Wildman–Crippen LogP) is 4.31. The van der Waals surface area contributed by atoms with Crippen LogP contribution in [0.25, 0.3) is 10.6 Å². The summed E-state index contributed by atoms with van der Waals surface area (Å²) in [6, 6.07) is 4.87. The Bertz CT molecular complexity index is 590. The van der Waals surface area contributed by atoms with Crippen molar-refractivity contribution in [3.63, 3.8) is 0 Å². The van der Waals surface area contributed by atoms with E-state index in [-0.39, 0.29) is 5.82 Å². The van der Waals surface area contributed by atoms with Crippen LogP contribution in [0.1, 0.15) is 30.0 Å². The van der Waals surface area contributed by atoms with Crippen LogP contribution >= 0.6 is 11.3 Å². The molecule has 0 bridgehead atoms. The number of aromatic nitrogens is 1. The maximum absolute atomic E-state index is 13.2. The predicted molar refractivity (Wildman–Crippen MR) is 83.5 cm³/mol. The molecule has 0 spiro atoms. The number of hydrogen-bond acceptors (Lipinski definition) is 3. The molecule has 0 unspecified atom stereocenters. The van der Waals surface area contributed by atoms with Gasteiger partial charge in [0.05, 0.1) is 5.69 Å². The molecule has 2 nitrogen and oxygen atoms in total. The fraction of sp³-hybridized carbons (Fsp3) is 0.438. The third kappa shape index (κ3) is 3.64. The minimum absolute atomic E-state index is 0.196. The van der Waals surface area contributed by atoms with Gasteiger partial charge in [0.1, 0.15) is 10.8 Å². The molecule has 1 heterocycles. The van der Waals surface area contributed by atoms with E-state index in [1.165, 1.54) is 10.9 Å². The topological polar surface area (TPSA) is 24.9 Å². The molecule has 0 aliphatic heterocycles. The zero-order valence-corrected chi connectivity index (χ0v) is 13.3. The molecule has 2 rings (SSSR count). The molecule has 0 saturated carbocycles. The largest absolute Gasteiger partial charge is 0.312 e. The summed E-state index contributed by atoms with van der Waals surface area (Å²) in [5.41, 5.74) is 3.01. The number of rotatable bonds is 5. The van der Waals surface area contributed by atoms with Gasteiger partial charge in [-0.3, -0.25) is 0 Å². The Balaban J connectivity index is 2.18. The Kier molecular flexibility index (Phi) is 4.89. The molecule has 0 fully saturated rings. The highest BCUT2D eigenvalue weighted by atomic mass is 32.1. The molecule has 0 aliphatic rings. The van der Waals surface area contributed by atoms with Gasteiger partial charge in [-0.25, -0.2) is 9.37 Å². The van der Waals surface area contributed by atoms with Crippen LogP contribution in [0.2, 0.25) is 0 Å². The fourth-order valence-electron chi connectivity index (χ4n) is 2.05. The van der Waals surface area contributed by atoms with E-state index in [9.17, 15) is 4.39 Å². The van der Waals surface area contributed by atoms with E-state index in [0.29, 0.717) is 5.92 Å². The Morgan fingerprint density at radius 2 is 2.05 bits per heavy atom. The molecule has 0 saturated heterocycles. The standard InChI is InChI=1S/C16H21FN2S/c1-10(2)8-18-9-15-12(4)19-16(20-15)14-6-5-13(17)7-11(14)3/h5-7,10,18H,8-9H2,1-4H3. The van der Waals surface area contributed by atoms with Crippen LogP contribution in [0.3, 0.4) is 0 Å². The van der Waals surface area contributed by atoms with Gasteiger partial charge < -0.3 is 5.32 Å². The second-order valence-electron chi connectivity index (χ2n) is 5.51. The lowest BCUT2D eigenvalue weighted by atomic mass is 10.1. The zero-order valence-electron chi connectivity index (χ0n) is 12.5. The maximum atomic E-state index is 13.2. The number of nitrogens with zero attached hydrogens (tertiary/aromatic N) is 1. The molecule has 2 aromatic rings. The van der Waals surface area contributed by atoms with E-state index >= 15 is 0 Å². The zero-order chi connectivity index (χ0) is 14.7. The first-order valence-electron chi connectivity index (χ1n) is 6.91. The Hall–Kier alpha value is -1.26. The Morgan fingerprint density at radius 3 is 2.70 bits per heavy atom. The summed E-state index contributed by atoms with van der Waals surface area (Å²) in [6.45, 7) is 10.2.